The summed E-state index contributed by atoms with van der Waals surface area (Å²) in [4.78, 5) is 72.8. The lowest BCUT2D eigenvalue weighted by Gasteiger charge is -2.21. The molecule has 3 N–H and O–H groups in total. The van der Waals surface area contributed by atoms with Gasteiger partial charge in [0.2, 0.25) is 0 Å². The average molecular weight is 1420 g/mol. The Balaban J connectivity index is 5.39. The third kappa shape index (κ3) is 70.4. The molecule has 19 heteroatoms. The number of carbonyl (C=O) groups excluding carboxylic acids is 4. The predicted molar refractivity (Wildman–Crippen MR) is 399 cm³/mol. The normalized spacial score (nSPS) is 14.5. The number of carbonyl (C=O) groups is 4. The molecular weight excluding hydrogens is 1280 g/mol. The summed E-state index contributed by atoms with van der Waals surface area (Å²) in [7, 11) is -9.96. The highest BCUT2D eigenvalue weighted by atomic mass is 31.2. The molecule has 2 unspecified atom stereocenters. The van der Waals surface area contributed by atoms with Crippen LogP contribution in [-0.2, 0) is 65.4 Å². The number of esters is 4. The largest absolute Gasteiger partial charge is 0.472 e. The number of unbranched alkanes of at least 4 members (excludes halogenated alkanes) is 30. The number of aliphatic hydroxyl groups is 1. The molecule has 0 saturated heterocycles. The average Bonchev–Trinajstić information content (AvgIpc) is 0.966. The van der Waals surface area contributed by atoms with E-state index in [9.17, 15) is 43.2 Å². The number of allylic oxidation sites excluding steroid dienone is 16. The molecule has 0 fully saturated rings. The predicted octanol–water partition coefficient (Wildman–Crippen LogP) is 22.0. The van der Waals surface area contributed by atoms with Crippen LogP contribution in [0.2, 0.25) is 0 Å². The fourth-order valence-corrected chi connectivity index (χ4v) is 11.8. The zero-order valence-corrected chi connectivity index (χ0v) is 63.5. The first-order chi connectivity index (χ1) is 47.7. The van der Waals surface area contributed by atoms with Gasteiger partial charge in [-0.3, -0.25) is 37.3 Å². The molecule has 5 atom stereocenters. The van der Waals surface area contributed by atoms with Crippen molar-refractivity contribution in [2.45, 2.75) is 341 Å². The van der Waals surface area contributed by atoms with E-state index in [0.717, 1.165) is 135 Å². The first-order valence-electron chi connectivity index (χ1n) is 38.5. The zero-order valence-electron chi connectivity index (χ0n) is 61.7. The van der Waals surface area contributed by atoms with Gasteiger partial charge in [-0.15, -0.1) is 0 Å². The second-order valence-corrected chi connectivity index (χ2v) is 28.5. The molecule has 0 aliphatic carbocycles. The standard InChI is InChI=1S/C79H138O17P2/c1-5-9-13-17-21-25-29-33-34-35-36-37-38-42-44-48-52-56-60-64-77(82)90-70-75(96-79(84)66-62-58-54-50-46-41-32-28-24-20-16-12-8-4)72-94-98(87,88)92-68-73(80)67-91-97(85,86)93-71-74(95-78(83)65-61-57-53-49-45-40-31-27-23-19-15-11-7-3)69-89-76(81)63-59-55-51-47-43-39-30-26-22-18-14-10-6-2/h9,13,21,25-27,30-31,33-34,36-37,42,44,52,56,73-75,80H,5-8,10-12,14-20,22-24,28-29,32,35,38-41,43,45-51,53-55,57-72H2,1-4H3,(H,85,86)(H,87,88)/b13-9-,25-21-,30-26-,31-27-,34-33-,37-36-,44-42-,56-52-/t73-,74+,75+/m0/s1. The Labute approximate surface area is 595 Å². The lowest BCUT2D eigenvalue weighted by atomic mass is 10.0. The number of phosphoric acid groups is 2. The highest BCUT2D eigenvalue weighted by Gasteiger charge is 2.30. The van der Waals surface area contributed by atoms with Crippen molar-refractivity contribution < 1.29 is 80.2 Å². The molecule has 0 heterocycles. The van der Waals surface area contributed by atoms with E-state index in [1.165, 1.54) is 103 Å². The molecule has 98 heavy (non-hydrogen) atoms. The number of hydrogen-bond donors (Lipinski definition) is 3. The molecule has 0 radical (unpaired) electrons. The van der Waals surface area contributed by atoms with Gasteiger partial charge in [-0.1, -0.05) is 279 Å². The van der Waals surface area contributed by atoms with Crippen LogP contribution < -0.4 is 0 Å². The number of phosphoric ester groups is 2. The number of hydrogen-bond acceptors (Lipinski definition) is 15. The molecule has 0 aromatic rings. The third-order valence-corrected chi connectivity index (χ3v) is 17.9. The second-order valence-electron chi connectivity index (χ2n) is 25.6. The Bertz CT molecular complexity index is 2240. The Hall–Kier alpha value is -4.02. The van der Waals surface area contributed by atoms with Crippen LogP contribution in [0.3, 0.4) is 0 Å². The Morgan fingerprint density at radius 3 is 0.888 bits per heavy atom. The summed E-state index contributed by atoms with van der Waals surface area (Å²) in [6.07, 6.45) is 74.1. The molecule has 0 saturated carbocycles. The highest BCUT2D eigenvalue weighted by molar-refractivity contribution is 7.47. The maximum Gasteiger partial charge on any atom is 0.472 e. The van der Waals surface area contributed by atoms with Crippen LogP contribution in [0, 0.1) is 0 Å². The number of aliphatic hydroxyl groups excluding tert-OH is 1. The quantitative estimate of drug-likeness (QED) is 0.0169. The van der Waals surface area contributed by atoms with E-state index in [1.807, 2.05) is 18.2 Å². The van der Waals surface area contributed by atoms with Crippen molar-refractivity contribution in [3.63, 3.8) is 0 Å². The molecule has 0 rings (SSSR count). The molecule has 566 valence electrons. The van der Waals surface area contributed by atoms with Crippen molar-refractivity contribution in [1.29, 1.82) is 0 Å². The van der Waals surface area contributed by atoms with Gasteiger partial charge in [0.1, 0.15) is 19.3 Å². The summed E-state index contributed by atoms with van der Waals surface area (Å²) in [6, 6.07) is 0. The van der Waals surface area contributed by atoms with Gasteiger partial charge >= 0.3 is 39.5 Å². The number of ether oxygens (including phenoxy) is 4. The van der Waals surface area contributed by atoms with Gasteiger partial charge in [-0.2, -0.15) is 0 Å². The first-order valence-corrected chi connectivity index (χ1v) is 41.5. The minimum Gasteiger partial charge on any atom is -0.462 e. The van der Waals surface area contributed by atoms with Crippen LogP contribution in [0.1, 0.15) is 323 Å². The van der Waals surface area contributed by atoms with E-state index in [0.29, 0.717) is 32.1 Å². The molecule has 17 nitrogen and oxygen atoms in total. The Kier molecular flexibility index (Phi) is 68.4. The number of rotatable bonds is 72. The van der Waals surface area contributed by atoms with Crippen molar-refractivity contribution in [2.24, 2.45) is 0 Å². The minimum absolute atomic E-state index is 0.0378. The van der Waals surface area contributed by atoms with E-state index < -0.39 is 97.5 Å². The van der Waals surface area contributed by atoms with Gasteiger partial charge in [-0.25, -0.2) is 9.13 Å². The molecule has 0 aromatic heterocycles. The Morgan fingerprint density at radius 1 is 0.296 bits per heavy atom. The van der Waals surface area contributed by atoms with E-state index in [1.54, 1.807) is 0 Å². The van der Waals surface area contributed by atoms with Gasteiger partial charge in [0.05, 0.1) is 26.4 Å². The topological polar surface area (TPSA) is 237 Å². The molecule has 0 bridgehead atoms. The summed E-state index contributed by atoms with van der Waals surface area (Å²) < 4.78 is 68.4. The summed E-state index contributed by atoms with van der Waals surface area (Å²) in [5.74, 6) is -2.28. The monoisotopic (exact) mass is 1420 g/mol. The van der Waals surface area contributed by atoms with Crippen molar-refractivity contribution in [2.75, 3.05) is 39.6 Å². The fourth-order valence-electron chi connectivity index (χ4n) is 10.2. The molecule has 0 amide bonds. The molecule has 0 aliphatic heterocycles. The highest BCUT2D eigenvalue weighted by Crippen LogP contribution is 2.45. The van der Waals surface area contributed by atoms with Crippen molar-refractivity contribution in [3.05, 3.63) is 97.2 Å². The zero-order chi connectivity index (χ0) is 71.8. The van der Waals surface area contributed by atoms with Gasteiger partial charge in [0.25, 0.3) is 0 Å². The van der Waals surface area contributed by atoms with E-state index in [-0.39, 0.29) is 25.7 Å². The van der Waals surface area contributed by atoms with Gasteiger partial charge in [0, 0.05) is 25.7 Å². The van der Waals surface area contributed by atoms with Crippen LogP contribution in [0.5, 0.6) is 0 Å². The maximum atomic E-state index is 13.1. The maximum absolute atomic E-state index is 13.1. The van der Waals surface area contributed by atoms with E-state index in [4.69, 9.17) is 37.0 Å². The van der Waals surface area contributed by atoms with Crippen LogP contribution in [0.25, 0.3) is 0 Å². The smallest absolute Gasteiger partial charge is 0.462 e. The summed E-state index contributed by atoms with van der Waals surface area (Å²) in [6.45, 7) is 4.65. The molecule has 0 aromatic carbocycles. The van der Waals surface area contributed by atoms with Crippen LogP contribution in [-0.4, -0.2) is 96.7 Å². The van der Waals surface area contributed by atoms with E-state index in [2.05, 4.69) is 107 Å². The minimum atomic E-state index is -4.99. The molecular formula is C79H138O17P2. The summed E-state index contributed by atoms with van der Waals surface area (Å²) in [5.41, 5.74) is 0. The lowest BCUT2D eigenvalue weighted by Crippen LogP contribution is -2.30. The van der Waals surface area contributed by atoms with Crippen molar-refractivity contribution in [3.8, 4) is 0 Å². The first kappa shape index (κ1) is 94.0. The molecule has 0 aliphatic rings. The van der Waals surface area contributed by atoms with Gasteiger partial charge in [-0.05, 0) is 116 Å². The van der Waals surface area contributed by atoms with Crippen LogP contribution >= 0.6 is 15.6 Å². The SMILES string of the molecule is CC/C=C\C/C=C\C/C=C\C/C=C\C/C=C\C/C=C\CCC(=O)OC[C@H](COP(=O)(O)OC[C@@H](O)COP(=O)(O)OC[C@@H](COC(=O)CCCCCCC/C=C\CCCCCC)OC(=O)CCCCCCC/C=C\CCCCCC)OC(=O)CCCCCCCCCCCCCCC. The summed E-state index contributed by atoms with van der Waals surface area (Å²) >= 11 is 0. The second kappa shape index (κ2) is 71.4. The van der Waals surface area contributed by atoms with E-state index >= 15 is 0 Å². The van der Waals surface area contributed by atoms with Gasteiger partial charge in [0.15, 0.2) is 12.2 Å². The lowest BCUT2D eigenvalue weighted by molar-refractivity contribution is -0.161. The Morgan fingerprint density at radius 2 is 0.551 bits per heavy atom. The fraction of sp³-hybridized carbons (Fsp3) is 0.747. The van der Waals surface area contributed by atoms with Crippen LogP contribution in [0.4, 0.5) is 0 Å². The van der Waals surface area contributed by atoms with Crippen LogP contribution in [0.15, 0.2) is 97.2 Å². The van der Waals surface area contributed by atoms with Crippen molar-refractivity contribution in [1.82, 2.24) is 0 Å². The van der Waals surface area contributed by atoms with Gasteiger partial charge < -0.3 is 33.8 Å². The summed E-state index contributed by atoms with van der Waals surface area (Å²) in [5, 5.41) is 10.6. The van der Waals surface area contributed by atoms with Crippen molar-refractivity contribution >= 4 is 39.5 Å². The molecule has 0 spiro atoms. The third-order valence-electron chi connectivity index (χ3n) is 16.0.